The molecule has 0 aromatic heterocycles. The summed E-state index contributed by atoms with van der Waals surface area (Å²) in [5.41, 5.74) is 1.28. The van der Waals surface area contributed by atoms with Crippen LogP contribution in [0.3, 0.4) is 0 Å². The first-order chi connectivity index (χ1) is 9.63. The number of carboxylic acid groups (broad SMARTS) is 1. The van der Waals surface area contributed by atoms with Gasteiger partial charge >= 0.3 is 5.97 Å². The Morgan fingerprint density at radius 2 is 1.95 bits per heavy atom. The van der Waals surface area contributed by atoms with Crippen LogP contribution in [0.15, 0.2) is 36.4 Å². The summed E-state index contributed by atoms with van der Waals surface area (Å²) in [6.07, 6.45) is 0. The molecule has 0 spiro atoms. The van der Waals surface area contributed by atoms with Crippen molar-refractivity contribution >= 4 is 22.4 Å². The molecule has 0 bridgehead atoms. The number of fused-ring (bicyclic) bond motifs is 1. The molecule has 1 atom stereocenters. The zero-order valence-electron chi connectivity index (χ0n) is 11.7. The summed E-state index contributed by atoms with van der Waals surface area (Å²) < 4.78 is 5.11. The Balaban J connectivity index is 2.31. The third-order valence-electron chi connectivity index (χ3n) is 3.25. The van der Waals surface area contributed by atoms with E-state index in [0.717, 1.165) is 23.0 Å². The molecule has 0 fully saturated rings. The van der Waals surface area contributed by atoms with Crippen LogP contribution in [-0.4, -0.2) is 31.3 Å². The van der Waals surface area contributed by atoms with E-state index >= 15 is 0 Å². The highest BCUT2D eigenvalue weighted by Gasteiger charge is 2.11. The monoisotopic (exact) mass is 273 g/mol. The van der Waals surface area contributed by atoms with Gasteiger partial charge in [-0.3, -0.25) is 0 Å². The maximum atomic E-state index is 11.2. The molecule has 0 saturated carbocycles. The number of methoxy groups -OCH3 is 1. The molecular formula is C16H19NO3. The van der Waals surface area contributed by atoms with Crippen LogP contribution in [0.2, 0.25) is 0 Å². The lowest BCUT2D eigenvalue weighted by Crippen LogP contribution is -2.16. The number of hydrogen-bond donors (Lipinski definition) is 2. The minimum atomic E-state index is -0.902. The molecule has 4 heteroatoms. The van der Waals surface area contributed by atoms with Gasteiger partial charge in [0.15, 0.2) is 0 Å². The van der Waals surface area contributed by atoms with Gasteiger partial charge in [-0.05, 0) is 23.4 Å². The van der Waals surface area contributed by atoms with E-state index in [1.54, 1.807) is 13.2 Å². The predicted octanol–water partition coefficient (Wildman–Crippen LogP) is 3.23. The van der Waals surface area contributed by atoms with Gasteiger partial charge in [-0.25, -0.2) is 4.79 Å². The number of carbonyl (C=O) groups is 1. The summed E-state index contributed by atoms with van der Waals surface area (Å²) >= 11 is 0. The van der Waals surface area contributed by atoms with Gasteiger partial charge in [0.2, 0.25) is 0 Å². The van der Waals surface area contributed by atoms with E-state index in [1.165, 1.54) is 0 Å². The average molecular weight is 273 g/mol. The van der Waals surface area contributed by atoms with Crippen LogP contribution in [0.4, 0.5) is 5.69 Å². The molecule has 0 aliphatic carbocycles. The highest BCUT2D eigenvalue weighted by Crippen LogP contribution is 2.26. The summed E-state index contributed by atoms with van der Waals surface area (Å²) in [4.78, 5) is 11.2. The second-order valence-electron chi connectivity index (χ2n) is 4.95. The molecule has 4 nitrogen and oxygen atoms in total. The molecule has 1 unspecified atom stereocenters. The van der Waals surface area contributed by atoms with E-state index in [0.29, 0.717) is 18.1 Å². The number of nitrogens with one attached hydrogen (secondary N) is 1. The van der Waals surface area contributed by atoms with Gasteiger partial charge in [0.1, 0.15) is 0 Å². The highest BCUT2D eigenvalue weighted by atomic mass is 16.5. The summed E-state index contributed by atoms with van der Waals surface area (Å²) in [5.74, 6) is -0.515. The van der Waals surface area contributed by atoms with E-state index in [-0.39, 0.29) is 0 Å². The van der Waals surface area contributed by atoms with Crippen molar-refractivity contribution in [2.75, 3.05) is 25.6 Å². The largest absolute Gasteiger partial charge is 0.478 e. The molecule has 2 aromatic rings. The normalized spacial score (nSPS) is 12.3. The van der Waals surface area contributed by atoms with Crippen molar-refractivity contribution in [1.29, 1.82) is 0 Å². The number of anilines is 1. The third-order valence-corrected chi connectivity index (χ3v) is 3.25. The van der Waals surface area contributed by atoms with Gasteiger partial charge in [-0.15, -0.1) is 0 Å². The average Bonchev–Trinajstić information content (AvgIpc) is 2.44. The van der Waals surface area contributed by atoms with Crippen LogP contribution >= 0.6 is 0 Å². The van der Waals surface area contributed by atoms with Gasteiger partial charge in [0.25, 0.3) is 0 Å². The zero-order valence-corrected chi connectivity index (χ0v) is 11.7. The van der Waals surface area contributed by atoms with E-state index in [2.05, 4.69) is 12.2 Å². The molecule has 0 amide bonds. The number of rotatable bonds is 6. The SMILES string of the molecule is COCC(C)CNc1ccc(C(=O)O)c2ccccc12. The van der Waals surface area contributed by atoms with Crippen LogP contribution in [0.25, 0.3) is 10.8 Å². The summed E-state index contributed by atoms with van der Waals surface area (Å²) in [5, 5.41) is 14.3. The highest BCUT2D eigenvalue weighted by molar-refractivity contribution is 6.07. The third kappa shape index (κ3) is 3.08. The van der Waals surface area contributed by atoms with Crippen LogP contribution in [0.5, 0.6) is 0 Å². The Morgan fingerprint density at radius 3 is 2.60 bits per heavy atom. The lowest BCUT2D eigenvalue weighted by Gasteiger charge is -2.15. The van der Waals surface area contributed by atoms with E-state index in [9.17, 15) is 9.90 Å². The number of carboxylic acids is 1. The van der Waals surface area contributed by atoms with Crippen molar-refractivity contribution < 1.29 is 14.6 Å². The maximum Gasteiger partial charge on any atom is 0.336 e. The summed E-state index contributed by atoms with van der Waals surface area (Å²) in [6, 6.07) is 11.0. The second-order valence-corrected chi connectivity index (χ2v) is 4.95. The molecule has 2 aromatic carbocycles. The van der Waals surface area contributed by atoms with Gasteiger partial charge in [0.05, 0.1) is 12.2 Å². The number of aromatic carboxylic acids is 1. The Bertz CT molecular complexity index is 610. The maximum absolute atomic E-state index is 11.2. The Kier molecular flexibility index (Phi) is 4.58. The minimum absolute atomic E-state index is 0.330. The second kappa shape index (κ2) is 6.39. The molecule has 0 aliphatic rings. The smallest absolute Gasteiger partial charge is 0.336 e. The number of hydrogen-bond acceptors (Lipinski definition) is 3. The van der Waals surface area contributed by atoms with Gasteiger partial charge < -0.3 is 15.2 Å². The van der Waals surface area contributed by atoms with Crippen LogP contribution < -0.4 is 5.32 Å². The van der Waals surface area contributed by atoms with Crippen molar-refractivity contribution in [3.8, 4) is 0 Å². The van der Waals surface area contributed by atoms with Crippen molar-refractivity contribution in [2.45, 2.75) is 6.92 Å². The van der Waals surface area contributed by atoms with Crippen molar-refractivity contribution in [3.63, 3.8) is 0 Å². The van der Waals surface area contributed by atoms with E-state index in [1.807, 2.05) is 30.3 Å². The molecule has 2 N–H and O–H groups in total. The molecule has 0 saturated heterocycles. The van der Waals surface area contributed by atoms with Gasteiger partial charge in [-0.2, -0.15) is 0 Å². The van der Waals surface area contributed by atoms with Crippen molar-refractivity contribution in [2.24, 2.45) is 5.92 Å². The quantitative estimate of drug-likeness (QED) is 0.848. The topological polar surface area (TPSA) is 58.6 Å². The summed E-state index contributed by atoms with van der Waals surface area (Å²) in [6.45, 7) is 3.58. The summed E-state index contributed by atoms with van der Waals surface area (Å²) in [7, 11) is 1.69. The molecule has 106 valence electrons. The van der Waals surface area contributed by atoms with Crippen LogP contribution in [0.1, 0.15) is 17.3 Å². The lowest BCUT2D eigenvalue weighted by molar-refractivity contribution is 0.0699. The fraction of sp³-hybridized carbons (Fsp3) is 0.312. The van der Waals surface area contributed by atoms with Crippen LogP contribution in [-0.2, 0) is 4.74 Å². The molecule has 2 rings (SSSR count). The van der Waals surface area contributed by atoms with Crippen molar-refractivity contribution in [1.82, 2.24) is 0 Å². The minimum Gasteiger partial charge on any atom is -0.478 e. The lowest BCUT2D eigenvalue weighted by atomic mass is 10.0. The Labute approximate surface area is 118 Å². The van der Waals surface area contributed by atoms with Gasteiger partial charge in [0, 0.05) is 24.7 Å². The Morgan fingerprint density at radius 1 is 1.25 bits per heavy atom. The first kappa shape index (κ1) is 14.3. The Hall–Kier alpha value is -2.07. The van der Waals surface area contributed by atoms with Gasteiger partial charge in [-0.1, -0.05) is 31.2 Å². The molecule has 0 aliphatic heterocycles. The molecular weight excluding hydrogens is 254 g/mol. The van der Waals surface area contributed by atoms with E-state index in [4.69, 9.17) is 4.74 Å². The van der Waals surface area contributed by atoms with Crippen LogP contribution in [0, 0.1) is 5.92 Å². The number of benzene rings is 2. The predicted molar refractivity (Wildman–Crippen MR) is 80.4 cm³/mol. The standard InChI is InChI=1S/C16H19NO3/c1-11(10-20-2)9-17-15-8-7-14(16(18)19)12-5-3-4-6-13(12)15/h3-8,11,17H,9-10H2,1-2H3,(H,18,19). The van der Waals surface area contributed by atoms with E-state index < -0.39 is 5.97 Å². The zero-order chi connectivity index (χ0) is 14.5. The number of ether oxygens (including phenoxy) is 1. The molecule has 0 heterocycles. The first-order valence-corrected chi connectivity index (χ1v) is 6.61. The fourth-order valence-corrected chi connectivity index (χ4v) is 2.27. The van der Waals surface area contributed by atoms with Crippen molar-refractivity contribution in [3.05, 3.63) is 42.0 Å². The fourth-order valence-electron chi connectivity index (χ4n) is 2.27. The molecule has 0 radical (unpaired) electrons. The molecule has 20 heavy (non-hydrogen) atoms. The first-order valence-electron chi connectivity index (χ1n) is 6.61.